The Morgan fingerprint density at radius 3 is 2.18 bits per heavy atom. The predicted octanol–water partition coefficient (Wildman–Crippen LogP) is 3.47. The summed E-state index contributed by atoms with van der Waals surface area (Å²) in [6.45, 7) is 3.70. The standard InChI is InChI=1S/C7H3Cl2NO.C4H5NO/c8-5-2-1-3-6(9)7(5)10-4-11;1-2-3-5-4-6/h1-3H;2H,1,3H2. The van der Waals surface area contributed by atoms with Crippen molar-refractivity contribution >= 4 is 41.0 Å². The Labute approximate surface area is 108 Å². The van der Waals surface area contributed by atoms with Crippen LogP contribution in [0.25, 0.3) is 0 Å². The van der Waals surface area contributed by atoms with Crippen LogP contribution in [-0.4, -0.2) is 18.7 Å². The molecule has 17 heavy (non-hydrogen) atoms. The van der Waals surface area contributed by atoms with Gasteiger partial charge in [0.05, 0.1) is 16.6 Å². The van der Waals surface area contributed by atoms with Crippen LogP contribution in [0.15, 0.2) is 40.8 Å². The number of hydrogen-bond acceptors (Lipinski definition) is 4. The van der Waals surface area contributed by atoms with Crippen LogP contribution < -0.4 is 0 Å². The summed E-state index contributed by atoms with van der Waals surface area (Å²) < 4.78 is 0. The molecule has 0 atom stereocenters. The van der Waals surface area contributed by atoms with E-state index < -0.39 is 0 Å². The van der Waals surface area contributed by atoms with Crippen LogP contribution in [0.4, 0.5) is 5.69 Å². The van der Waals surface area contributed by atoms with E-state index in [1.165, 1.54) is 18.2 Å². The maximum absolute atomic E-state index is 9.87. The molecule has 88 valence electrons. The molecule has 0 aliphatic rings. The highest BCUT2D eigenvalue weighted by atomic mass is 35.5. The van der Waals surface area contributed by atoms with Gasteiger partial charge in [0.15, 0.2) is 0 Å². The van der Waals surface area contributed by atoms with Gasteiger partial charge < -0.3 is 0 Å². The lowest BCUT2D eigenvalue weighted by Gasteiger charge is -1.96. The molecule has 0 unspecified atom stereocenters. The van der Waals surface area contributed by atoms with E-state index in [1.54, 1.807) is 18.2 Å². The summed E-state index contributed by atoms with van der Waals surface area (Å²) in [6, 6.07) is 4.88. The van der Waals surface area contributed by atoms with Gasteiger partial charge in [0.1, 0.15) is 5.69 Å². The highest BCUT2D eigenvalue weighted by Gasteiger charge is 2.01. The van der Waals surface area contributed by atoms with Gasteiger partial charge in [0.25, 0.3) is 0 Å². The second-order valence-corrected chi connectivity index (χ2v) is 3.31. The van der Waals surface area contributed by atoms with Crippen LogP contribution in [0.3, 0.4) is 0 Å². The first kappa shape index (κ1) is 15.3. The number of carbonyl (C=O) groups excluding carboxylic acids is 2. The van der Waals surface area contributed by atoms with Gasteiger partial charge in [-0.05, 0) is 12.1 Å². The molecule has 4 nitrogen and oxygen atoms in total. The third-order valence-corrected chi connectivity index (χ3v) is 1.99. The van der Waals surface area contributed by atoms with Gasteiger partial charge in [0, 0.05) is 0 Å². The minimum Gasteiger partial charge on any atom is -0.211 e. The lowest BCUT2D eigenvalue weighted by molar-refractivity contribution is 0.563. The number of isocyanates is 2. The third-order valence-electron chi connectivity index (χ3n) is 1.38. The molecule has 0 spiro atoms. The Bertz CT molecular complexity index is 456. The van der Waals surface area contributed by atoms with Crippen LogP contribution in [0, 0.1) is 0 Å². The van der Waals surface area contributed by atoms with E-state index in [1.807, 2.05) is 0 Å². The second kappa shape index (κ2) is 9.52. The van der Waals surface area contributed by atoms with E-state index in [9.17, 15) is 9.59 Å². The van der Waals surface area contributed by atoms with E-state index in [4.69, 9.17) is 23.2 Å². The summed E-state index contributed by atoms with van der Waals surface area (Å²) in [6.07, 6.45) is 4.28. The Morgan fingerprint density at radius 2 is 1.82 bits per heavy atom. The topological polar surface area (TPSA) is 58.9 Å². The van der Waals surface area contributed by atoms with E-state index >= 15 is 0 Å². The molecule has 0 aromatic heterocycles. The zero-order valence-electron chi connectivity index (χ0n) is 8.69. The average molecular weight is 271 g/mol. The van der Waals surface area contributed by atoms with Crippen LogP contribution in [0.2, 0.25) is 10.0 Å². The molecule has 0 fully saturated rings. The van der Waals surface area contributed by atoms with Gasteiger partial charge in [-0.3, -0.25) is 0 Å². The Kier molecular flexibility index (Phi) is 8.57. The number of benzene rings is 1. The fourth-order valence-electron chi connectivity index (χ4n) is 0.743. The van der Waals surface area contributed by atoms with Gasteiger partial charge in [-0.1, -0.05) is 35.3 Å². The highest BCUT2D eigenvalue weighted by Crippen LogP contribution is 2.31. The quantitative estimate of drug-likeness (QED) is 0.480. The van der Waals surface area contributed by atoms with Gasteiger partial charge in [-0.2, -0.15) is 4.99 Å². The van der Waals surface area contributed by atoms with E-state index in [-0.39, 0.29) is 5.69 Å². The summed E-state index contributed by atoms with van der Waals surface area (Å²) in [7, 11) is 0. The number of halogens is 2. The molecule has 0 saturated carbocycles. The van der Waals surface area contributed by atoms with Gasteiger partial charge in [0.2, 0.25) is 12.2 Å². The monoisotopic (exact) mass is 270 g/mol. The summed E-state index contributed by atoms with van der Waals surface area (Å²) in [5.74, 6) is 0. The fourth-order valence-corrected chi connectivity index (χ4v) is 1.23. The van der Waals surface area contributed by atoms with Crippen LogP contribution >= 0.6 is 23.2 Å². The van der Waals surface area contributed by atoms with Crippen LogP contribution in [0.1, 0.15) is 0 Å². The van der Waals surface area contributed by atoms with Crippen molar-refractivity contribution < 1.29 is 9.59 Å². The van der Waals surface area contributed by atoms with Crippen molar-refractivity contribution in [3.05, 3.63) is 40.9 Å². The zero-order valence-corrected chi connectivity index (χ0v) is 10.2. The lowest BCUT2D eigenvalue weighted by atomic mass is 10.3. The molecule has 1 aromatic carbocycles. The molecule has 0 bridgehead atoms. The van der Waals surface area contributed by atoms with E-state index in [2.05, 4.69) is 16.6 Å². The molecular weight excluding hydrogens is 263 g/mol. The summed E-state index contributed by atoms with van der Waals surface area (Å²) in [5, 5.41) is 0.696. The molecule has 0 amide bonds. The number of hydrogen-bond donors (Lipinski definition) is 0. The molecule has 0 heterocycles. The predicted molar refractivity (Wildman–Crippen MR) is 67.4 cm³/mol. The normalized spacial score (nSPS) is 7.88. The summed E-state index contributed by atoms with van der Waals surface area (Å²) in [5.41, 5.74) is 0.269. The van der Waals surface area contributed by atoms with Gasteiger partial charge in [-0.25, -0.2) is 14.6 Å². The molecule has 1 rings (SSSR count). The first-order valence-electron chi connectivity index (χ1n) is 4.33. The maximum atomic E-state index is 9.87. The molecule has 0 saturated heterocycles. The smallest absolute Gasteiger partial charge is 0.211 e. The summed E-state index contributed by atoms with van der Waals surface area (Å²) in [4.78, 5) is 25.6. The Morgan fingerprint density at radius 1 is 1.24 bits per heavy atom. The Balaban J connectivity index is 0.000000366. The largest absolute Gasteiger partial charge is 0.240 e. The molecule has 0 aliphatic heterocycles. The zero-order chi connectivity index (χ0) is 13.1. The van der Waals surface area contributed by atoms with Crippen LogP contribution in [0.5, 0.6) is 0 Å². The maximum Gasteiger partial charge on any atom is 0.240 e. The van der Waals surface area contributed by atoms with Crippen molar-refractivity contribution in [2.24, 2.45) is 9.98 Å². The number of nitrogens with zero attached hydrogens (tertiary/aromatic N) is 2. The first-order chi connectivity index (χ1) is 8.17. The lowest BCUT2D eigenvalue weighted by Crippen LogP contribution is -1.69. The molecule has 6 heteroatoms. The fraction of sp³-hybridized carbons (Fsp3) is 0.0909. The number of para-hydroxylation sites is 1. The molecule has 1 aromatic rings. The van der Waals surface area contributed by atoms with E-state index in [0.29, 0.717) is 16.6 Å². The van der Waals surface area contributed by atoms with Crippen molar-refractivity contribution in [1.82, 2.24) is 0 Å². The minimum absolute atomic E-state index is 0.269. The van der Waals surface area contributed by atoms with Gasteiger partial charge in [-0.15, -0.1) is 6.58 Å². The molecular formula is C11H8Cl2N2O2. The van der Waals surface area contributed by atoms with Crippen molar-refractivity contribution in [2.75, 3.05) is 6.54 Å². The third kappa shape index (κ3) is 6.46. The number of aliphatic imine (C=N–C) groups is 2. The second-order valence-electron chi connectivity index (χ2n) is 2.49. The average Bonchev–Trinajstić information content (AvgIpc) is 2.32. The molecule has 0 radical (unpaired) electrons. The number of rotatable bonds is 3. The molecule has 0 N–H and O–H groups in total. The van der Waals surface area contributed by atoms with Crippen molar-refractivity contribution in [1.29, 1.82) is 0 Å². The first-order valence-corrected chi connectivity index (χ1v) is 5.09. The molecule has 0 aliphatic carbocycles. The minimum atomic E-state index is 0.269. The van der Waals surface area contributed by atoms with Crippen LogP contribution in [-0.2, 0) is 9.59 Å². The highest BCUT2D eigenvalue weighted by molar-refractivity contribution is 6.38. The van der Waals surface area contributed by atoms with Crippen molar-refractivity contribution in [2.45, 2.75) is 0 Å². The van der Waals surface area contributed by atoms with Crippen molar-refractivity contribution in [3.8, 4) is 0 Å². The SMILES string of the molecule is C=CCN=C=O.O=C=Nc1c(Cl)cccc1Cl. The van der Waals surface area contributed by atoms with Crippen molar-refractivity contribution in [3.63, 3.8) is 0 Å². The van der Waals surface area contributed by atoms with Gasteiger partial charge >= 0.3 is 0 Å². The Hall–Kier alpha value is -1.70. The summed E-state index contributed by atoms with van der Waals surface area (Å²) >= 11 is 11.3. The van der Waals surface area contributed by atoms with E-state index in [0.717, 1.165) is 0 Å².